The fourth-order valence-electron chi connectivity index (χ4n) is 4.12. The number of carbonyl (C=O) groups excluding carboxylic acids is 2. The highest BCUT2D eigenvalue weighted by atomic mass is 127. The highest BCUT2D eigenvalue weighted by molar-refractivity contribution is 14.0. The Labute approximate surface area is 165 Å². The number of nitrogens with zero attached hydrogens (tertiary/aromatic N) is 2. The molecule has 0 spiro atoms. The van der Waals surface area contributed by atoms with E-state index in [1.54, 1.807) is 0 Å². The Morgan fingerprint density at radius 1 is 1.24 bits per heavy atom. The molecule has 3 aliphatic rings. The van der Waals surface area contributed by atoms with E-state index >= 15 is 0 Å². The van der Waals surface area contributed by atoms with Crippen LogP contribution in [0.1, 0.15) is 19.8 Å². The van der Waals surface area contributed by atoms with Crippen LogP contribution in [0.15, 0.2) is 17.1 Å². The standard InChI is InChI=1S/C17H26N4O3.HI/c1-2-18-17(20-7-9-22)19-6-3-8-21-15(23)13-11-4-5-12(10-11)14(13)16(21)24;/h4-5,11-14,22H,2-3,6-10H2,1H3,(H2,18,19,20);1H. The molecule has 140 valence electrons. The Morgan fingerprint density at radius 3 is 2.44 bits per heavy atom. The number of guanidine groups is 1. The lowest BCUT2D eigenvalue weighted by atomic mass is 9.85. The number of amides is 2. The molecule has 2 fully saturated rings. The van der Waals surface area contributed by atoms with Crippen molar-refractivity contribution in [2.24, 2.45) is 28.7 Å². The van der Waals surface area contributed by atoms with Gasteiger partial charge >= 0.3 is 0 Å². The van der Waals surface area contributed by atoms with E-state index < -0.39 is 0 Å². The van der Waals surface area contributed by atoms with Crippen LogP contribution in [0.4, 0.5) is 0 Å². The molecule has 0 aromatic rings. The molecule has 4 atom stereocenters. The first-order valence-corrected chi connectivity index (χ1v) is 8.84. The van der Waals surface area contributed by atoms with E-state index in [1.165, 1.54) is 4.90 Å². The van der Waals surface area contributed by atoms with E-state index in [2.05, 4.69) is 27.8 Å². The van der Waals surface area contributed by atoms with E-state index in [0.717, 1.165) is 13.0 Å². The van der Waals surface area contributed by atoms with E-state index in [9.17, 15) is 9.59 Å². The van der Waals surface area contributed by atoms with Crippen molar-refractivity contribution < 1.29 is 14.7 Å². The fraction of sp³-hybridized carbons (Fsp3) is 0.706. The zero-order valence-corrected chi connectivity index (χ0v) is 16.8. The van der Waals surface area contributed by atoms with Crippen LogP contribution in [0.25, 0.3) is 0 Å². The molecular weight excluding hydrogens is 435 g/mol. The third-order valence-corrected chi connectivity index (χ3v) is 5.12. The van der Waals surface area contributed by atoms with Crippen molar-refractivity contribution in [1.82, 2.24) is 15.5 Å². The van der Waals surface area contributed by atoms with Crippen molar-refractivity contribution in [3.8, 4) is 0 Å². The number of hydrogen-bond donors (Lipinski definition) is 3. The first-order valence-electron chi connectivity index (χ1n) is 8.84. The van der Waals surface area contributed by atoms with Crippen LogP contribution in [0.5, 0.6) is 0 Å². The van der Waals surface area contributed by atoms with Gasteiger partial charge in [-0.05, 0) is 31.6 Å². The molecule has 7 nitrogen and oxygen atoms in total. The second kappa shape index (κ2) is 8.98. The number of carbonyl (C=O) groups is 2. The molecule has 1 heterocycles. The first kappa shape index (κ1) is 20.2. The van der Waals surface area contributed by atoms with Crippen molar-refractivity contribution in [2.75, 3.05) is 32.8 Å². The smallest absolute Gasteiger partial charge is 0.233 e. The molecular formula is C17H27IN4O3. The van der Waals surface area contributed by atoms with Gasteiger partial charge in [0.05, 0.1) is 18.4 Å². The summed E-state index contributed by atoms with van der Waals surface area (Å²) in [6.45, 7) is 4.15. The number of hydrogen-bond acceptors (Lipinski definition) is 4. The van der Waals surface area contributed by atoms with Crippen molar-refractivity contribution in [2.45, 2.75) is 19.8 Å². The largest absolute Gasteiger partial charge is 0.395 e. The number of rotatable bonds is 7. The Hall–Kier alpha value is -1.16. The lowest BCUT2D eigenvalue weighted by molar-refractivity contribution is -0.140. The van der Waals surface area contributed by atoms with Gasteiger partial charge in [-0.1, -0.05) is 12.2 Å². The number of fused-ring (bicyclic) bond motifs is 5. The number of aliphatic imine (C=N–C) groups is 1. The molecule has 0 aromatic carbocycles. The molecule has 0 aromatic heterocycles. The maximum absolute atomic E-state index is 12.5. The predicted octanol–water partition coefficient (Wildman–Crippen LogP) is 0.349. The maximum atomic E-state index is 12.5. The summed E-state index contributed by atoms with van der Waals surface area (Å²) in [5.41, 5.74) is 0. The van der Waals surface area contributed by atoms with Gasteiger partial charge in [0.25, 0.3) is 0 Å². The monoisotopic (exact) mass is 462 g/mol. The fourth-order valence-corrected chi connectivity index (χ4v) is 4.12. The topological polar surface area (TPSA) is 94.0 Å². The quantitative estimate of drug-likeness (QED) is 0.127. The number of nitrogens with one attached hydrogen (secondary N) is 2. The molecule has 1 saturated heterocycles. The average Bonchev–Trinajstić information content (AvgIpc) is 3.25. The van der Waals surface area contributed by atoms with Crippen LogP contribution in [0, 0.1) is 23.7 Å². The minimum Gasteiger partial charge on any atom is -0.395 e. The van der Waals surface area contributed by atoms with Crippen LogP contribution in [-0.4, -0.2) is 60.6 Å². The van der Waals surface area contributed by atoms with E-state index in [1.807, 2.05) is 6.92 Å². The number of aliphatic hydroxyl groups excluding tert-OH is 1. The normalized spacial score (nSPS) is 29.8. The van der Waals surface area contributed by atoms with Crippen LogP contribution >= 0.6 is 24.0 Å². The highest BCUT2D eigenvalue weighted by Crippen LogP contribution is 2.52. The van der Waals surface area contributed by atoms with Crippen molar-refractivity contribution in [3.05, 3.63) is 12.2 Å². The number of likely N-dealkylation sites (tertiary alicyclic amines) is 1. The summed E-state index contributed by atoms with van der Waals surface area (Å²) in [4.78, 5) is 30.9. The molecule has 1 aliphatic heterocycles. The summed E-state index contributed by atoms with van der Waals surface area (Å²) < 4.78 is 0. The van der Waals surface area contributed by atoms with Crippen molar-refractivity contribution in [1.29, 1.82) is 0 Å². The van der Waals surface area contributed by atoms with Gasteiger partial charge in [0.2, 0.25) is 11.8 Å². The molecule has 25 heavy (non-hydrogen) atoms. The molecule has 1 saturated carbocycles. The van der Waals surface area contributed by atoms with Crippen molar-refractivity contribution in [3.63, 3.8) is 0 Å². The molecule has 0 radical (unpaired) electrons. The van der Waals surface area contributed by atoms with Crippen LogP contribution in [0.2, 0.25) is 0 Å². The zero-order valence-electron chi connectivity index (χ0n) is 14.5. The molecule has 3 N–H and O–H groups in total. The first-order chi connectivity index (χ1) is 11.7. The summed E-state index contributed by atoms with van der Waals surface area (Å²) in [6, 6.07) is 0. The molecule has 2 bridgehead atoms. The SMILES string of the molecule is CCNC(=NCCCN1C(=O)C2C3C=CC(C3)C2C1=O)NCCO.I. The summed E-state index contributed by atoms with van der Waals surface area (Å²) in [6.07, 6.45) is 5.84. The Balaban J connectivity index is 0.00000225. The summed E-state index contributed by atoms with van der Waals surface area (Å²) in [5.74, 6) is 0.973. The number of imide groups is 1. The van der Waals surface area contributed by atoms with Gasteiger partial charge in [-0.15, -0.1) is 24.0 Å². The summed E-state index contributed by atoms with van der Waals surface area (Å²) >= 11 is 0. The lowest BCUT2D eigenvalue weighted by Crippen LogP contribution is -2.39. The van der Waals surface area contributed by atoms with Gasteiger partial charge in [-0.2, -0.15) is 0 Å². The van der Waals surface area contributed by atoms with Gasteiger partial charge in [0.15, 0.2) is 5.96 Å². The third kappa shape index (κ3) is 3.99. The number of aliphatic hydroxyl groups is 1. The minimum absolute atomic E-state index is 0. The van der Waals surface area contributed by atoms with Crippen molar-refractivity contribution >= 4 is 41.8 Å². The lowest BCUT2D eigenvalue weighted by Gasteiger charge is -2.16. The molecule has 2 aliphatic carbocycles. The molecule has 4 unspecified atom stereocenters. The molecule has 2 amide bonds. The predicted molar refractivity (Wildman–Crippen MR) is 106 cm³/mol. The van der Waals surface area contributed by atoms with Gasteiger partial charge in [0, 0.05) is 26.2 Å². The van der Waals surface area contributed by atoms with Gasteiger partial charge in [0.1, 0.15) is 0 Å². The second-order valence-corrected chi connectivity index (χ2v) is 6.59. The minimum atomic E-state index is -0.112. The Morgan fingerprint density at radius 2 is 1.88 bits per heavy atom. The second-order valence-electron chi connectivity index (χ2n) is 6.59. The maximum Gasteiger partial charge on any atom is 0.233 e. The van der Waals surface area contributed by atoms with E-state index in [0.29, 0.717) is 32.0 Å². The molecule has 3 rings (SSSR count). The number of halogens is 1. The summed E-state index contributed by atoms with van der Waals surface area (Å²) in [5, 5.41) is 14.9. The van der Waals surface area contributed by atoms with Gasteiger partial charge < -0.3 is 15.7 Å². The molecule has 8 heteroatoms. The third-order valence-electron chi connectivity index (χ3n) is 5.12. The van der Waals surface area contributed by atoms with Crippen LogP contribution < -0.4 is 10.6 Å². The highest BCUT2D eigenvalue weighted by Gasteiger charge is 2.58. The summed E-state index contributed by atoms with van der Waals surface area (Å²) in [7, 11) is 0. The van der Waals surface area contributed by atoms with Crippen LogP contribution in [-0.2, 0) is 9.59 Å². The average molecular weight is 462 g/mol. The zero-order chi connectivity index (χ0) is 17.1. The van der Waals surface area contributed by atoms with E-state index in [-0.39, 0.29) is 66.1 Å². The van der Waals surface area contributed by atoms with Gasteiger partial charge in [-0.25, -0.2) is 0 Å². The Kier molecular flexibility index (Phi) is 7.24. The Bertz CT molecular complexity index is 536. The number of allylic oxidation sites excluding steroid dienone is 2. The van der Waals surface area contributed by atoms with E-state index in [4.69, 9.17) is 5.11 Å². The van der Waals surface area contributed by atoms with Gasteiger partial charge in [-0.3, -0.25) is 19.5 Å². The van der Waals surface area contributed by atoms with Crippen LogP contribution in [0.3, 0.4) is 0 Å².